The molecule has 8 heteroatoms. The van der Waals surface area contributed by atoms with Crippen molar-refractivity contribution in [2.24, 2.45) is 10.9 Å². The molecule has 152 valence electrons. The quantitative estimate of drug-likeness (QED) is 0.351. The Morgan fingerprint density at radius 2 is 2.07 bits per heavy atom. The Morgan fingerprint density at radius 1 is 1.29 bits per heavy atom. The largest absolute Gasteiger partial charge is 0.356 e. The van der Waals surface area contributed by atoms with Gasteiger partial charge in [0, 0.05) is 57.7 Å². The number of hydrogen-bond donors (Lipinski definition) is 2. The van der Waals surface area contributed by atoms with Crippen LogP contribution in [-0.4, -0.2) is 41.8 Å². The summed E-state index contributed by atoms with van der Waals surface area (Å²) in [6.45, 7) is 5.37. The molecule has 1 aliphatic rings. The number of benzene rings is 1. The van der Waals surface area contributed by atoms with Gasteiger partial charge in [0.15, 0.2) is 5.96 Å². The third-order valence-electron chi connectivity index (χ3n) is 4.68. The molecule has 1 atom stereocenters. The van der Waals surface area contributed by atoms with Gasteiger partial charge in [-0.25, -0.2) is 0 Å². The van der Waals surface area contributed by atoms with E-state index in [0.29, 0.717) is 18.9 Å². The fourth-order valence-electron chi connectivity index (χ4n) is 3.18. The van der Waals surface area contributed by atoms with Crippen LogP contribution in [0.25, 0.3) is 0 Å². The van der Waals surface area contributed by atoms with Crippen molar-refractivity contribution in [3.63, 3.8) is 0 Å². The highest BCUT2D eigenvalue weighted by molar-refractivity contribution is 14.0. The molecule has 0 radical (unpaired) electrons. The van der Waals surface area contributed by atoms with E-state index in [2.05, 4.69) is 39.8 Å². The van der Waals surface area contributed by atoms with Crippen LogP contribution in [-0.2, 0) is 17.9 Å². The summed E-state index contributed by atoms with van der Waals surface area (Å²) in [7, 11) is 1.77. The van der Waals surface area contributed by atoms with Crippen molar-refractivity contribution in [1.82, 2.24) is 20.4 Å². The summed E-state index contributed by atoms with van der Waals surface area (Å²) < 4.78 is 1.94. The third kappa shape index (κ3) is 6.22. The third-order valence-corrected chi connectivity index (χ3v) is 4.68. The minimum absolute atomic E-state index is 0. The average Bonchev–Trinajstić information content (AvgIpc) is 3.34. The molecule has 1 aromatic heterocycles. The van der Waals surface area contributed by atoms with E-state index >= 15 is 0 Å². The minimum Gasteiger partial charge on any atom is -0.356 e. The Hall–Kier alpha value is -2.10. The molecular weight excluding hydrogens is 467 g/mol. The van der Waals surface area contributed by atoms with Crippen molar-refractivity contribution in [2.75, 3.05) is 25.0 Å². The van der Waals surface area contributed by atoms with Gasteiger partial charge < -0.3 is 15.5 Å². The lowest BCUT2D eigenvalue weighted by molar-refractivity contribution is -0.117. The Labute approximate surface area is 183 Å². The molecule has 1 unspecified atom stereocenters. The van der Waals surface area contributed by atoms with E-state index in [0.717, 1.165) is 43.3 Å². The lowest BCUT2D eigenvalue weighted by Gasteiger charge is -2.17. The second-order valence-electron chi connectivity index (χ2n) is 6.96. The topological polar surface area (TPSA) is 74.6 Å². The van der Waals surface area contributed by atoms with E-state index in [1.54, 1.807) is 13.2 Å². The lowest BCUT2D eigenvalue weighted by atomic mass is 10.2. The maximum absolute atomic E-state index is 11.8. The number of anilines is 1. The number of halogens is 1. The van der Waals surface area contributed by atoms with Crippen LogP contribution >= 0.6 is 24.0 Å². The zero-order chi connectivity index (χ0) is 19.1. The second kappa shape index (κ2) is 11.0. The second-order valence-corrected chi connectivity index (χ2v) is 6.96. The van der Waals surface area contributed by atoms with Gasteiger partial charge >= 0.3 is 0 Å². The normalized spacial score (nSPS) is 15.3. The molecule has 2 aromatic rings. The smallest absolute Gasteiger partial charge is 0.227 e. The molecule has 0 aliphatic carbocycles. The summed E-state index contributed by atoms with van der Waals surface area (Å²) in [5, 5.41) is 10.9. The minimum atomic E-state index is 0. The molecule has 0 spiro atoms. The Kier molecular flexibility index (Phi) is 8.75. The predicted molar refractivity (Wildman–Crippen MR) is 123 cm³/mol. The van der Waals surface area contributed by atoms with Gasteiger partial charge in [0.25, 0.3) is 0 Å². The molecule has 1 saturated heterocycles. The maximum atomic E-state index is 11.8. The lowest BCUT2D eigenvalue weighted by Crippen LogP contribution is -2.39. The molecule has 1 aliphatic heterocycles. The molecule has 1 fully saturated rings. The summed E-state index contributed by atoms with van der Waals surface area (Å²) in [6, 6.07) is 10.1. The standard InChI is InChI=1S/C20H28N6O.HI/c1-16(15-25-11-4-10-24-25)13-22-20(21-2)23-14-17-6-8-18(9-7-17)26-12-3-5-19(26)27;/h4,6-11,16H,3,5,12-15H2,1-2H3,(H2,21,22,23);1H. The monoisotopic (exact) mass is 496 g/mol. The van der Waals surface area contributed by atoms with Crippen LogP contribution in [0, 0.1) is 5.92 Å². The van der Waals surface area contributed by atoms with E-state index in [9.17, 15) is 4.79 Å². The Balaban J connectivity index is 0.00000280. The molecule has 2 heterocycles. The number of rotatable bonds is 7. The zero-order valence-corrected chi connectivity index (χ0v) is 18.8. The van der Waals surface area contributed by atoms with E-state index in [1.807, 2.05) is 34.0 Å². The highest BCUT2D eigenvalue weighted by atomic mass is 127. The van der Waals surface area contributed by atoms with Gasteiger partial charge in [0.2, 0.25) is 5.91 Å². The van der Waals surface area contributed by atoms with E-state index in [1.165, 1.54) is 0 Å². The van der Waals surface area contributed by atoms with E-state index in [4.69, 9.17) is 0 Å². The Morgan fingerprint density at radius 3 is 2.68 bits per heavy atom. The molecule has 1 amide bonds. The summed E-state index contributed by atoms with van der Waals surface area (Å²) in [5.74, 6) is 1.43. The summed E-state index contributed by atoms with van der Waals surface area (Å²) in [6.07, 6.45) is 5.38. The van der Waals surface area contributed by atoms with Crippen molar-refractivity contribution in [1.29, 1.82) is 0 Å². The van der Waals surface area contributed by atoms with Crippen LogP contribution in [0.1, 0.15) is 25.3 Å². The van der Waals surface area contributed by atoms with Gasteiger partial charge in [-0.2, -0.15) is 5.10 Å². The van der Waals surface area contributed by atoms with Crippen molar-refractivity contribution in [3.8, 4) is 0 Å². The van der Waals surface area contributed by atoms with Gasteiger partial charge in [-0.1, -0.05) is 19.1 Å². The number of aromatic nitrogens is 2. The average molecular weight is 496 g/mol. The number of aliphatic imine (C=N–C) groups is 1. The van der Waals surface area contributed by atoms with Crippen LogP contribution < -0.4 is 15.5 Å². The number of carbonyl (C=O) groups excluding carboxylic acids is 1. The van der Waals surface area contributed by atoms with Gasteiger partial charge in [0.05, 0.1) is 0 Å². The molecule has 28 heavy (non-hydrogen) atoms. The van der Waals surface area contributed by atoms with E-state index in [-0.39, 0.29) is 29.9 Å². The van der Waals surface area contributed by atoms with Crippen LogP contribution in [0.5, 0.6) is 0 Å². The number of hydrogen-bond acceptors (Lipinski definition) is 3. The number of nitrogens with zero attached hydrogens (tertiary/aromatic N) is 4. The van der Waals surface area contributed by atoms with Crippen molar-refractivity contribution in [2.45, 2.75) is 32.9 Å². The summed E-state index contributed by atoms with van der Waals surface area (Å²) >= 11 is 0. The first-order valence-corrected chi connectivity index (χ1v) is 9.47. The Bertz CT molecular complexity index is 760. The zero-order valence-electron chi connectivity index (χ0n) is 16.5. The first-order chi connectivity index (χ1) is 13.2. The molecule has 0 saturated carbocycles. The highest BCUT2D eigenvalue weighted by Crippen LogP contribution is 2.21. The number of guanidine groups is 1. The number of nitrogens with one attached hydrogen (secondary N) is 2. The fraction of sp³-hybridized carbons (Fsp3) is 0.450. The molecule has 2 N–H and O–H groups in total. The van der Waals surface area contributed by atoms with Gasteiger partial charge in [-0.15, -0.1) is 24.0 Å². The van der Waals surface area contributed by atoms with Crippen molar-refractivity contribution < 1.29 is 4.79 Å². The first-order valence-electron chi connectivity index (χ1n) is 9.47. The van der Waals surface area contributed by atoms with Crippen LogP contribution in [0.15, 0.2) is 47.7 Å². The highest BCUT2D eigenvalue weighted by Gasteiger charge is 2.21. The first kappa shape index (κ1) is 22.2. The van der Waals surface area contributed by atoms with Gasteiger partial charge in [-0.05, 0) is 36.1 Å². The molecule has 3 rings (SSSR count). The molecule has 0 bridgehead atoms. The number of amides is 1. The van der Waals surface area contributed by atoms with Crippen molar-refractivity contribution in [3.05, 3.63) is 48.3 Å². The van der Waals surface area contributed by atoms with Gasteiger partial charge in [-0.3, -0.25) is 14.5 Å². The predicted octanol–water partition coefficient (Wildman–Crippen LogP) is 2.63. The molecular formula is C20H29IN6O. The van der Waals surface area contributed by atoms with Crippen LogP contribution in [0.3, 0.4) is 0 Å². The maximum Gasteiger partial charge on any atom is 0.227 e. The SMILES string of the molecule is CN=C(NCc1ccc(N2CCCC2=O)cc1)NCC(C)Cn1cccn1.I. The summed E-state index contributed by atoms with van der Waals surface area (Å²) in [5.41, 5.74) is 2.13. The van der Waals surface area contributed by atoms with Crippen molar-refractivity contribution >= 4 is 41.5 Å². The summed E-state index contributed by atoms with van der Waals surface area (Å²) in [4.78, 5) is 18.0. The molecule has 7 nitrogen and oxygen atoms in total. The van der Waals surface area contributed by atoms with Crippen LogP contribution in [0.2, 0.25) is 0 Å². The molecule has 1 aromatic carbocycles. The van der Waals surface area contributed by atoms with Crippen LogP contribution in [0.4, 0.5) is 5.69 Å². The van der Waals surface area contributed by atoms with Gasteiger partial charge in [0.1, 0.15) is 0 Å². The number of carbonyl (C=O) groups is 1. The van der Waals surface area contributed by atoms with E-state index < -0.39 is 0 Å². The fourth-order valence-corrected chi connectivity index (χ4v) is 3.18.